The lowest BCUT2D eigenvalue weighted by Gasteiger charge is -2.17. The van der Waals surface area contributed by atoms with Gasteiger partial charge in [0.05, 0.1) is 4.90 Å². The summed E-state index contributed by atoms with van der Waals surface area (Å²) >= 11 is 0. The zero-order valence-electron chi connectivity index (χ0n) is 14.3. The molecule has 0 unspecified atom stereocenters. The van der Waals surface area contributed by atoms with Crippen LogP contribution in [0.2, 0.25) is 0 Å². The fraction of sp³-hybridized carbons (Fsp3) is 0.412. The van der Waals surface area contributed by atoms with E-state index in [-0.39, 0.29) is 11.4 Å². The molecular formula is C17H23N5O2S. The van der Waals surface area contributed by atoms with E-state index in [0.29, 0.717) is 18.2 Å². The van der Waals surface area contributed by atoms with Crippen molar-refractivity contribution in [2.24, 2.45) is 0 Å². The SMILES string of the molecule is Cc1nc(NCCNS(=O)(=O)c2ccccc2)cc(N2CCCC2)n1. The van der Waals surface area contributed by atoms with Crippen LogP contribution in [-0.2, 0) is 10.0 Å². The maximum absolute atomic E-state index is 12.2. The molecule has 0 spiro atoms. The first-order chi connectivity index (χ1) is 12.0. The van der Waals surface area contributed by atoms with E-state index in [2.05, 4.69) is 24.9 Å². The molecule has 2 aromatic rings. The third-order valence-electron chi connectivity index (χ3n) is 4.03. The van der Waals surface area contributed by atoms with Crippen molar-refractivity contribution < 1.29 is 8.42 Å². The Morgan fingerprint density at radius 2 is 1.80 bits per heavy atom. The number of aromatic nitrogens is 2. The molecule has 1 saturated heterocycles. The molecule has 1 fully saturated rings. The van der Waals surface area contributed by atoms with Crippen LogP contribution in [-0.4, -0.2) is 44.6 Å². The van der Waals surface area contributed by atoms with Gasteiger partial charge in [0.1, 0.15) is 17.5 Å². The lowest BCUT2D eigenvalue weighted by Crippen LogP contribution is -2.29. The largest absolute Gasteiger partial charge is 0.369 e. The highest BCUT2D eigenvalue weighted by Gasteiger charge is 2.15. The summed E-state index contributed by atoms with van der Waals surface area (Å²) in [5.74, 6) is 2.35. The Bertz CT molecular complexity index is 805. The number of anilines is 2. The molecule has 0 atom stereocenters. The Morgan fingerprint density at radius 1 is 1.08 bits per heavy atom. The monoisotopic (exact) mass is 361 g/mol. The highest BCUT2D eigenvalue weighted by molar-refractivity contribution is 7.89. The minimum absolute atomic E-state index is 0.268. The second kappa shape index (κ2) is 7.79. The summed E-state index contributed by atoms with van der Waals surface area (Å²) in [5.41, 5.74) is 0. The number of sulfonamides is 1. The molecule has 0 radical (unpaired) electrons. The van der Waals surface area contributed by atoms with Gasteiger partial charge in [-0.1, -0.05) is 18.2 Å². The maximum Gasteiger partial charge on any atom is 0.240 e. The van der Waals surface area contributed by atoms with Crippen LogP contribution in [0.3, 0.4) is 0 Å². The zero-order valence-corrected chi connectivity index (χ0v) is 15.1. The summed E-state index contributed by atoms with van der Waals surface area (Å²) in [6.45, 7) is 4.63. The van der Waals surface area contributed by atoms with Crippen molar-refractivity contribution in [2.45, 2.75) is 24.7 Å². The zero-order chi connectivity index (χ0) is 17.7. The summed E-state index contributed by atoms with van der Waals surface area (Å²) in [7, 11) is -3.48. The van der Waals surface area contributed by atoms with E-state index < -0.39 is 10.0 Å². The lowest BCUT2D eigenvalue weighted by atomic mass is 10.4. The standard InChI is InChI=1S/C17H23N5O2S/c1-14-20-16(13-17(21-14)22-11-5-6-12-22)18-9-10-19-25(23,24)15-7-3-2-4-8-15/h2-4,7-8,13,19H,5-6,9-12H2,1H3,(H,18,20,21). The van der Waals surface area contributed by atoms with Crippen molar-refractivity contribution in [3.63, 3.8) is 0 Å². The second-order valence-electron chi connectivity index (χ2n) is 5.99. The van der Waals surface area contributed by atoms with Crippen LogP contribution in [0.1, 0.15) is 18.7 Å². The van der Waals surface area contributed by atoms with E-state index in [1.165, 1.54) is 12.8 Å². The average Bonchev–Trinajstić information content (AvgIpc) is 3.14. The molecule has 1 aliphatic rings. The van der Waals surface area contributed by atoms with Crippen LogP contribution in [0.5, 0.6) is 0 Å². The lowest BCUT2D eigenvalue weighted by molar-refractivity contribution is 0.583. The summed E-state index contributed by atoms with van der Waals surface area (Å²) in [6, 6.07) is 10.3. The van der Waals surface area contributed by atoms with E-state index in [1.807, 2.05) is 13.0 Å². The van der Waals surface area contributed by atoms with Crippen molar-refractivity contribution in [1.82, 2.24) is 14.7 Å². The molecule has 7 nitrogen and oxygen atoms in total. The van der Waals surface area contributed by atoms with E-state index in [1.54, 1.807) is 30.3 Å². The fourth-order valence-electron chi connectivity index (χ4n) is 2.81. The highest BCUT2D eigenvalue weighted by Crippen LogP contribution is 2.20. The van der Waals surface area contributed by atoms with E-state index in [0.717, 1.165) is 18.9 Å². The maximum atomic E-state index is 12.2. The van der Waals surface area contributed by atoms with Crippen LogP contribution in [0.25, 0.3) is 0 Å². The Labute approximate surface area is 148 Å². The Morgan fingerprint density at radius 3 is 2.52 bits per heavy atom. The van der Waals surface area contributed by atoms with Crippen molar-refractivity contribution in [1.29, 1.82) is 0 Å². The normalized spacial score (nSPS) is 14.7. The summed E-state index contributed by atoms with van der Waals surface area (Å²) in [4.78, 5) is 11.4. The topological polar surface area (TPSA) is 87.2 Å². The molecule has 8 heteroatoms. The van der Waals surface area contributed by atoms with Gasteiger partial charge in [0, 0.05) is 32.2 Å². The number of nitrogens with one attached hydrogen (secondary N) is 2. The highest BCUT2D eigenvalue weighted by atomic mass is 32.2. The first-order valence-electron chi connectivity index (χ1n) is 8.44. The Balaban J connectivity index is 1.55. The van der Waals surface area contributed by atoms with Crippen molar-refractivity contribution in [3.05, 3.63) is 42.2 Å². The predicted octanol–water partition coefficient (Wildman–Crippen LogP) is 1.78. The molecule has 2 heterocycles. The fourth-order valence-corrected chi connectivity index (χ4v) is 3.86. The van der Waals surface area contributed by atoms with Crippen molar-refractivity contribution in [3.8, 4) is 0 Å². The average molecular weight is 361 g/mol. The van der Waals surface area contributed by atoms with Gasteiger partial charge in [-0.2, -0.15) is 0 Å². The van der Waals surface area contributed by atoms with Gasteiger partial charge in [0.25, 0.3) is 0 Å². The summed E-state index contributed by atoms with van der Waals surface area (Å²) in [5, 5.41) is 3.17. The van der Waals surface area contributed by atoms with Gasteiger partial charge in [0.15, 0.2) is 0 Å². The Hall–Kier alpha value is -2.19. The van der Waals surface area contributed by atoms with Gasteiger partial charge in [-0.25, -0.2) is 23.1 Å². The molecule has 1 aliphatic heterocycles. The Kier molecular flexibility index (Phi) is 5.50. The van der Waals surface area contributed by atoms with Gasteiger partial charge >= 0.3 is 0 Å². The molecule has 3 rings (SSSR count). The van der Waals surface area contributed by atoms with Crippen molar-refractivity contribution >= 4 is 21.7 Å². The molecule has 2 N–H and O–H groups in total. The van der Waals surface area contributed by atoms with E-state index in [4.69, 9.17) is 0 Å². The molecule has 0 bridgehead atoms. The third kappa shape index (κ3) is 4.67. The molecule has 0 amide bonds. The second-order valence-corrected chi connectivity index (χ2v) is 7.76. The van der Waals surface area contributed by atoms with Crippen LogP contribution >= 0.6 is 0 Å². The smallest absolute Gasteiger partial charge is 0.240 e. The van der Waals surface area contributed by atoms with Crippen LogP contribution < -0.4 is 14.9 Å². The van der Waals surface area contributed by atoms with Gasteiger partial charge in [-0.15, -0.1) is 0 Å². The molecule has 1 aromatic heterocycles. The van der Waals surface area contributed by atoms with Gasteiger partial charge in [0.2, 0.25) is 10.0 Å². The van der Waals surface area contributed by atoms with Crippen LogP contribution in [0.15, 0.2) is 41.3 Å². The van der Waals surface area contributed by atoms with Gasteiger partial charge in [-0.3, -0.25) is 0 Å². The number of nitrogens with zero attached hydrogens (tertiary/aromatic N) is 3. The predicted molar refractivity (Wildman–Crippen MR) is 98.3 cm³/mol. The third-order valence-corrected chi connectivity index (χ3v) is 5.51. The van der Waals surface area contributed by atoms with Crippen LogP contribution in [0, 0.1) is 6.92 Å². The van der Waals surface area contributed by atoms with E-state index >= 15 is 0 Å². The first kappa shape index (κ1) is 17.6. The minimum Gasteiger partial charge on any atom is -0.369 e. The van der Waals surface area contributed by atoms with E-state index in [9.17, 15) is 8.42 Å². The van der Waals surface area contributed by atoms with Gasteiger partial charge in [-0.05, 0) is 31.9 Å². The number of hydrogen-bond acceptors (Lipinski definition) is 6. The summed E-state index contributed by atoms with van der Waals surface area (Å²) < 4.78 is 26.9. The summed E-state index contributed by atoms with van der Waals surface area (Å²) in [6.07, 6.45) is 2.38. The number of benzene rings is 1. The number of rotatable bonds is 7. The molecule has 134 valence electrons. The molecular weight excluding hydrogens is 338 g/mol. The molecule has 1 aromatic carbocycles. The molecule has 0 aliphatic carbocycles. The number of aryl methyl sites for hydroxylation is 1. The van der Waals surface area contributed by atoms with Crippen molar-refractivity contribution in [2.75, 3.05) is 36.4 Å². The van der Waals surface area contributed by atoms with Crippen LogP contribution in [0.4, 0.5) is 11.6 Å². The molecule has 0 saturated carbocycles. The molecule has 25 heavy (non-hydrogen) atoms. The first-order valence-corrected chi connectivity index (χ1v) is 9.92. The quantitative estimate of drug-likeness (QED) is 0.731. The number of hydrogen-bond donors (Lipinski definition) is 2. The minimum atomic E-state index is -3.48. The van der Waals surface area contributed by atoms with Gasteiger partial charge < -0.3 is 10.2 Å².